The Balaban J connectivity index is 1.91. The lowest BCUT2D eigenvalue weighted by Crippen LogP contribution is -2.14. The third-order valence-electron chi connectivity index (χ3n) is 3.56. The van der Waals surface area contributed by atoms with E-state index in [1.807, 2.05) is 24.4 Å². The van der Waals surface area contributed by atoms with E-state index in [9.17, 15) is 4.39 Å². The van der Waals surface area contributed by atoms with Gasteiger partial charge in [-0.1, -0.05) is 18.2 Å². The van der Waals surface area contributed by atoms with Crippen molar-refractivity contribution in [2.75, 3.05) is 7.11 Å². The molecule has 5 heteroatoms. The number of ether oxygens (including phenoxy) is 1. The molecule has 0 saturated heterocycles. The molecule has 0 radical (unpaired) electrons. The number of halogens is 1. The first-order valence-electron chi connectivity index (χ1n) is 6.70. The number of fused-ring (bicyclic) bond motifs is 1. The van der Waals surface area contributed by atoms with Gasteiger partial charge in [-0.3, -0.25) is 0 Å². The molecule has 0 aliphatic rings. The Kier molecular flexibility index (Phi) is 3.58. The Bertz CT molecular complexity index is 769. The van der Waals surface area contributed by atoms with Gasteiger partial charge in [0.2, 0.25) is 0 Å². The predicted molar refractivity (Wildman–Crippen MR) is 78.8 cm³/mol. The van der Waals surface area contributed by atoms with Gasteiger partial charge in [-0.15, -0.1) is 0 Å². The zero-order valence-corrected chi connectivity index (χ0v) is 11.7. The third kappa shape index (κ3) is 2.48. The summed E-state index contributed by atoms with van der Waals surface area (Å²) >= 11 is 0. The van der Waals surface area contributed by atoms with Gasteiger partial charge in [0.15, 0.2) is 11.6 Å². The van der Waals surface area contributed by atoms with Crippen molar-refractivity contribution in [2.45, 2.75) is 12.5 Å². The minimum atomic E-state index is -0.355. The molecule has 0 aliphatic carbocycles. The SMILES string of the molecule is COc1cccc(CC(N)c2cnn3ccccc23)c1F. The van der Waals surface area contributed by atoms with Crippen molar-refractivity contribution in [3.05, 3.63) is 65.7 Å². The molecule has 1 atom stereocenters. The van der Waals surface area contributed by atoms with Crippen molar-refractivity contribution in [3.63, 3.8) is 0 Å². The molecule has 2 N–H and O–H groups in total. The molecule has 0 fully saturated rings. The molecule has 0 saturated carbocycles. The first kappa shape index (κ1) is 13.6. The van der Waals surface area contributed by atoms with Crippen LogP contribution in [0.3, 0.4) is 0 Å². The second kappa shape index (κ2) is 5.54. The fourth-order valence-electron chi connectivity index (χ4n) is 2.46. The number of hydrogen-bond acceptors (Lipinski definition) is 3. The molecule has 21 heavy (non-hydrogen) atoms. The van der Waals surface area contributed by atoms with Crippen LogP contribution in [0, 0.1) is 5.82 Å². The van der Waals surface area contributed by atoms with E-state index in [0.29, 0.717) is 12.0 Å². The van der Waals surface area contributed by atoms with E-state index < -0.39 is 0 Å². The summed E-state index contributed by atoms with van der Waals surface area (Å²) in [6.07, 6.45) is 3.98. The standard InChI is InChI=1S/C16H16FN3O/c1-21-15-7-4-5-11(16(15)17)9-13(18)12-10-19-20-8-3-2-6-14(12)20/h2-8,10,13H,9,18H2,1H3. The normalized spacial score (nSPS) is 12.5. The lowest BCUT2D eigenvalue weighted by molar-refractivity contribution is 0.383. The van der Waals surface area contributed by atoms with Crippen LogP contribution in [0.2, 0.25) is 0 Å². The second-order valence-corrected chi connectivity index (χ2v) is 4.87. The number of nitrogens with two attached hydrogens (primary N) is 1. The van der Waals surface area contributed by atoms with Crippen LogP contribution in [-0.4, -0.2) is 16.7 Å². The van der Waals surface area contributed by atoms with Crippen LogP contribution in [0.25, 0.3) is 5.52 Å². The molecule has 0 spiro atoms. The van der Waals surface area contributed by atoms with E-state index in [1.165, 1.54) is 7.11 Å². The van der Waals surface area contributed by atoms with Crippen LogP contribution < -0.4 is 10.5 Å². The smallest absolute Gasteiger partial charge is 0.168 e. The Hall–Kier alpha value is -2.40. The highest BCUT2D eigenvalue weighted by Gasteiger charge is 2.16. The molecular weight excluding hydrogens is 269 g/mol. The number of nitrogens with zero attached hydrogens (tertiary/aromatic N) is 2. The average Bonchev–Trinajstić information content (AvgIpc) is 2.93. The number of pyridine rings is 1. The molecule has 0 bridgehead atoms. The van der Waals surface area contributed by atoms with Crippen molar-refractivity contribution in [3.8, 4) is 5.75 Å². The summed E-state index contributed by atoms with van der Waals surface area (Å²) in [5.41, 5.74) is 8.62. The van der Waals surface area contributed by atoms with Crippen LogP contribution >= 0.6 is 0 Å². The van der Waals surface area contributed by atoms with Gasteiger partial charge < -0.3 is 10.5 Å². The topological polar surface area (TPSA) is 52.5 Å². The number of rotatable bonds is 4. The summed E-state index contributed by atoms with van der Waals surface area (Å²) in [5.74, 6) is -0.119. The van der Waals surface area contributed by atoms with Crippen molar-refractivity contribution in [1.82, 2.24) is 9.61 Å². The summed E-state index contributed by atoms with van der Waals surface area (Å²) in [7, 11) is 1.45. The van der Waals surface area contributed by atoms with Gasteiger partial charge in [0.1, 0.15) is 0 Å². The zero-order valence-electron chi connectivity index (χ0n) is 11.7. The van der Waals surface area contributed by atoms with Crippen LogP contribution in [0.5, 0.6) is 5.75 Å². The summed E-state index contributed by atoms with van der Waals surface area (Å²) in [6.45, 7) is 0. The van der Waals surface area contributed by atoms with E-state index in [4.69, 9.17) is 10.5 Å². The fraction of sp³-hybridized carbons (Fsp3) is 0.188. The molecular formula is C16H16FN3O. The lowest BCUT2D eigenvalue weighted by Gasteiger charge is -2.12. The summed E-state index contributed by atoms with van der Waals surface area (Å²) in [6, 6.07) is 10.5. The highest BCUT2D eigenvalue weighted by Crippen LogP contribution is 2.25. The molecule has 1 aromatic carbocycles. The Morgan fingerprint density at radius 1 is 1.29 bits per heavy atom. The minimum absolute atomic E-state index is 0.236. The molecule has 1 unspecified atom stereocenters. The number of aromatic nitrogens is 2. The summed E-state index contributed by atoms with van der Waals surface area (Å²) in [5, 5.41) is 4.26. The number of hydrogen-bond donors (Lipinski definition) is 1. The molecule has 108 valence electrons. The van der Waals surface area contributed by atoms with Crippen molar-refractivity contribution in [2.24, 2.45) is 5.73 Å². The van der Waals surface area contributed by atoms with E-state index in [2.05, 4.69) is 5.10 Å². The van der Waals surface area contributed by atoms with Crippen LogP contribution in [-0.2, 0) is 6.42 Å². The van der Waals surface area contributed by atoms with Gasteiger partial charge in [-0.25, -0.2) is 8.91 Å². The largest absolute Gasteiger partial charge is 0.494 e. The van der Waals surface area contributed by atoms with E-state index in [1.54, 1.807) is 28.9 Å². The van der Waals surface area contributed by atoms with Gasteiger partial charge in [0.05, 0.1) is 18.8 Å². The fourth-order valence-corrected chi connectivity index (χ4v) is 2.46. The van der Waals surface area contributed by atoms with Gasteiger partial charge in [-0.2, -0.15) is 5.10 Å². The molecule has 2 aromatic heterocycles. The van der Waals surface area contributed by atoms with Crippen LogP contribution in [0.15, 0.2) is 48.8 Å². The van der Waals surface area contributed by atoms with Crippen LogP contribution in [0.4, 0.5) is 4.39 Å². The third-order valence-corrected chi connectivity index (χ3v) is 3.56. The molecule has 0 amide bonds. The quantitative estimate of drug-likeness (QED) is 0.802. The lowest BCUT2D eigenvalue weighted by atomic mass is 10.00. The monoisotopic (exact) mass is 285 g/mol. The predicted octanol–water partition coefficient (Wildman–Crippen LogP) is 2.72. The summed E-state index contributed by atoms with van der Waals surface area (Å²) < 4.78 is 20.9. The Labute approximate surface area is 122 Å². The maximum atomic E-state index is 14.2. The second-order valence-electron chi connectivity index (χ2n) is 4.87. The van der Waals surface area contributed by atoms with Gasteiger partial charge in [0, 0.05) is 17.8 Å². The maximum Gasteiger partial charge on any atom is 0.168 e. The highest BCUT2D eigenvalue weighted by atomic mass is 19.1. The van der Waals surface area contributed by atoms with E-state index in [-0.39, 0.29) is 17.6 Å². The number of methoxy groups -OCH3 is 1. The average molecular weight is 285 g/mol. The van der Waals surface area contributed by atoms with Crippen molar-refractivity contribution < 1.29 is 9.13 Å². The van der Waals surface area contributed by atoms with E-state index >= 15 is 0 Å². The van der Waals surface area contributed by atoms with Crippen LogP contribution in [0.1, 0.15) is 17.2 Å². The molecule has 3 aromatic rings. The van der Waals surface area contributed by atoms with Gasteiger partial charge >= 0.3 is 0 Å². The van der Waals surface area contributed by atoms with Gasteiger partial charge in [0.25, 0.3) is 0 Å². The molecule has 4 nitrogen and oxygen atoms in total. The zero-order chi connectivity index (χ0) is 14.8. The van der Waals surface area contributed by atoms with Crippen molar-refractivity contribution in [1.29, 1.82) is 0 Å². The van der Waals surface area contributed by atoms with E-state index in [0.717, 1.165) is 11.1 Å². The van der Waals surface area contributed by atoms with Crippen molar-refractivity contribution >= 4 is 5.52 Å². The highest BCUT2D eigenvalue weighted by molar-refractivity contribution is 5.55. The minimum Gasteiger partial charge on any atom is -0.494 e. The molecule has 0 aliphatic heterocycles. The molecule has 2 heterocycles. The maximum absolute atomic E-state index is 14.2. The first-order valence-corrected chi connectivity index (χ1v) is 6.70. The Morgan fingerprint density at radius 3 is 2.95 bits per heavy atom. The van der Waals surface area contributed by atoms with Gasteiger partial charge in [-0.05, 0) is 30.2 Å². The summed E-state index contributed by atoms with van der Waals surface area (Å²) in [4.78, 5) is 0. The first-order chi connectivity index (χ1) is 10.2. The number of benzene rings is 1. The Morgan fingerprint density at radius 2 is 2.14 bits per heavy atom. The molecule has 3 rings (SSSR count).